The number of rotatable bonds is 5. The molecular formula is C14H20O10. The van der Waals surface area contributed by atoms with Crippen LogP contribution in [-0.2, 0) is 42.9 Å². The molecule has 10 nitrogen and oxygen atoms in total. The lowest BCUT2D eigenvalue weighted by molar-refractivity contribution is -0.297. The minimum absolute atomic E-state index is 0.621. The lowest BCUT2D eigenvalue weighted by Crippen LogP contribution is -2.62. The van der Waals surface area contributed by atoms with Crippen molar-refractivity contribution in [1.82, 2.24) is 0 Å². The van der Waals surface area contributed by atoms with Crippen molar-refractivity contribution >= 4 is 23.9 Å². The first-order chi connectivity index (χ1) is 13.3. The van der Waals surface area contributed by atoms with E-state index in [1.807, 2.05) is 0 Å². The molecule has 1 aliphatic heterocycles. The maximum Gasteiger partial charge on any atom is 0.305 e. The molecule has 0 aliphatic carbocycles. The highest BCUT2D eigenvalue weighted by Gasteiger charge is 2.51. The number of hydrogen-bond donors (Lipinski definition) is 1. The van der Waals surface area contributed by atoms with Crippen molar-refractivity contribution in [3.8, 4) is 0 Å². The number of hydrogen-bond acceptors (Lipinski definition) is 10. The number of esters is 4. The molecule has 0 aromatic heterocycles. The lowest BCUT2D eigenvalue weighted by atomic mass is 9.98. The summed E-state index contributed by atoms with van der Waals surface area (Å²) in [5, 5.41) is 10.3. The molecule has 1 saturated heterocycles. The van der Waals surface area contributed by atoms with Crippen LogP contribution in [0.4, 0.5) is 0 Å². The highest BCUT2D eigenvalue weighted by atomic mass is 16.7. The SMILES string of the molecule is [2H]CC(=O)OC[C@H]1OC(OC(=O)C[2H])[C@@H](O)[C@@H](OC(=O)C[2H])[C@@H]1OC(=O)C[2H]. The van der Waals surface area contributed by atoms with Crippen LogP contribution in [0.1, 0.15) is 33.1 Å². The molecule has 136 valence electrons. The Kier molecular flexibility index (Phi) is 5.07. The Labute approximate surface area is 143 Å². The number of aliphatic hydroxyl groups excluding tert-OH is 1. The summed E-state index contributed by atoms with van der Waals surface area (Å²) >= 11 is 0. The van der Waals surface area contributed by atoms with Gasteiger partial charge in [0, 0.05) is 33.1 Å². The Hall–Kier alpha value is -2.20. The Balaban J connectivity index is 3.14. The van der Waals surface area contributed by atoms with Gasteiger partial charge in [0.25, 0.3) is 0 Å². The van der Waals surface area contributed by atoms with Crippen LogP contribution in [0.3, 0.4) is 0 Å². The van der Waals surface area contributed by atoms with E-state index in [1.165, 1.54) is 0 Å². The van der Waals surface area contributed by atoms with Gasteiger partial charge in [-0.25, -0.2) is 0 Å². The van der Waals surface area contributed by atoms with E-state index in [0.717, 1.165) is 0 Å². The van der Waals surface area contributed by atoms with Crippen LogP contribution in [0, 0.1) is 0 Å². The van der Waals surface area contributed by atoms with Gasteiger partial charge in [-0.05, 0) is 0 Å². The Morgan fingerprint density at radius 3 is 2.04 bits per heavy atom. The highest BCUT2D eigenvalue weighted by Crippen LogP contribution is 2.27. The van der Waals surface area contributed by atoms with Gasteiger partial charge in [0.05, 0.1) is 0 Å². The van der Waals surface area contributed by atoms with E-state index in [2.05, 4.69) is 0 Å². The van der Waals surface area contributed by atoms with Crippen LogP contribution < -0.4 is 0 Å². The summed E-state index contributed by atoms with van der Waals surface area (Å²) in [7, 11) is 0. The standard InChI is InChI=1S/C14H20O10/c1-6(15)20-5-10-12(21-7(2)16)13(22-8(3)17)11(19)14(24-10)23-9(4)18/h10-14,19H,5H2,1-4H3/t10-,11+,12-,13-,14?/m1/s1/i1D,2D,3D,4D. The Morgan fingerprint density at radius 1 is 0.917 bits per heavy atom. The fourth-order valence-electron chi connectivity index (χ4n) is 2.01. The molecule has 0 amide bonds. The fraction of sp³-hybridized carbons (Fsp3) is 0.714. The quantitative estimate of drug-likeness (QED) is 0.488. The number of ether oxygens (including phenoxy) is 5. The van der Waals surface area contributed by atoms with Crippen LogP contribution in [-0.4, -0.2) is 66.3 Å². The van der Waals surface area contributed by atoms with Crippen molar-refractivity contribution in [3.63, 3.8) is 0 Å². The van der Waals surface area contributed by atoms with Gasteiger partial charge < -0.3 is 28.8 Å². The summed E-state index contributed by atoms with van der Waals surface area (Å²) in [5.41, 5.74) is 0. The molecule has 0 aromatic rings. The Bertz CT molecular complexity index is 556. The predicted octanol–water partition coefficient (Wildman–Crippen LogP) is -0.938. The molecule has 10 heteroatoms. The van der Waals surface area contributed by atoms with Crippen molar-refractivity contribution < 1.29 is 53.5 Å². The smallest absolute Gasteiger partial charge is 0.305 e. The highest BCUT2D eigenvalue weighted by molar-refractivity contribution is 5.68. The third-order valence-electron chi connectivity index (χ3n) is 2.81. The van der Waals surface area contributed by atoms with Gasteiger partial charge in [-0.2, -0.15) is 0 Å². The van der Waals surface area contributed by atoms with Gasteiger partial charge in [-0.15, -0.1) is 0 Å². The summed E-state index contributed by atoms with van der Waals surface area (Å²) in [6.45, 7) is -3.80. The second-order valence-electron chi connectivity index (χ2n) is 4.62. The molecule has 0 saturated carbocycles. The second-order valence-corrected chi connectivity index (χ2v) is 4.62. The summed E-state index contributed by atoms with van der Waals surface area (Å²) in [4.78, 5) is 45.7. The van der Waals surface area contributed by atoms with Gasteiger partial charge in [0.2, 0.25) is 6.29 Å². The van der Waals surface area contributed by atoms with Gasteiger partial charge in [0.1, 0.15) is 12.7 Å². The van der Waals surface area contributed by atoms with Gasteiger partial charge in [-0.1, -0.05) is 0 Å². The number of aliphatic hydroxyl groups is 1. The van der Waals surface area contributed by atoms with Crippen molar-refractivity contribution in [2.45, 2.75) is 58.3 Å². The predicted molar refractivity (Wildman–Crippen MR) is 74.2 cm³/mol. The first-order valence-electron chi connectivity index (χ1n) is 9.34. The van der Waals surface area contributed by atoms with Crippen LogP contribution in [0.5, 0.6) is 0 Å². The van der Waals surface area contributed by atoms with E-state index in [4.69, 9.17) is 29.2 Å². The molecule has 1 fully saturated rings. The molecule has 0 bridgehead atoms. The summed E-state index contributed by atoms with van der Waals surface area (Å²) in [5.74, 6) is -4.23. The van der Waals surface area contributed by atoms with E-state index in [1.54, 1.807) is 0 Å². The molecule has 5 atom stereocenters. The van der Waals surface area contributed by atoms with Crippen LogP contribution >= 0.6 is 0 Å². The van der Waals surface area contributed by atoms with E-state index < -0.39 is 88.8 Å². The van der Waals surface area contributed by atoms with Crippen molar-refractivity contribution in [1.29, 1.82) is 0 Å². The van der Waals surface area contributed by atoms with Crippen LogP contribution in [0.15, 0.2) is 0 Å². The largest absolute Gasteiger partial charge is 0.463 e. The third kappa shape index (κ3) is 5.78. The minimum atomic E-state index is -1.86. The number of carbonyl (C=O) groups is 4. The molecule has 24 heavy (non-hydrogen) atoms. The zero-order valence-corrected chi connectivity index (χ0v) is 12.5. The van der Waals surface area contributed by atoms with Crippen molar-refractivity contribution in [2.24, 2.45) is 0 Å². The van der Waals surface area contributed by atoms with E-state index in [0.29, 0.717) is 0 Å². The lowest BCUT2D eigenvalue weighted by Gasteiger charge is -2.42. The van der Waals surface area contributed by atoms with E-state index >= 15 is 0 Å². The third-order valence-corrected chi connectivity index (χ3v) is 2.81. The molecule has 1 rings (SSSR count). The average Bonchev–Trinajstić information content (AvgIpc) is 2.70. The molecule has 1 N–H and O–H groups in total. The maximum absolute atomic E-state index is 11.6. The summed E-state index contributed by atoms with van der Waals surface area (Å²) in [6, 6.07) is 0. The topological polar surface area (TPSA) is 135 Å². The van der Waals surface area contributed by atoms with Crippen molar-refractivity contribution in [2.75, 3.05) is 6.61 Å². The average molecular weight is 352 g/mol. The van der Waals surface area contributed by atoms with Crippen LogP contribution in [0.2, 0.25) is 0 Å². The van der Waals surface area contributed by atoms with Gasteiger partial charge in [0.15, 0.2) is 18.3 Å². The van der Waals surface area contributed by atoms with E-state index in [9.17, 15) is 24.3 Å². The molecular weight excluding hydrogens is 328 g/mol. The maximum atomic E-state index is 11.6. The molecule has 0 radical (unpaired) electrons. The zero-order valence-electron chi connectivity index (χ0n) is 16.5. The molecule has 1 unspecified atom stereocenters. The van der Waals surface area contributed by atoms with E-state index in [-0.39, 0.29) is 0 Å². The Morgan fingerprint density at radius 2 is 1.46 bits per heavy atom. The normalized spacial score (nSPS) is 31.5. The van der Waals surface area contributed by atoms with Crippen LogP contribution in [0.25, 0.3) is 0 Å². The summed E-state index contributed by atoms with van der Waals surface area (Å²) < 4.78 is 52.6. The van der Waals surface area contributed by atoms with Gasteiger partial charge >= 0.3 is 23.9 Å². The zero-order chi connectivity index (χ0) is 21.3. The molecule has 1 aliphatic rings. The molecule has 0 aromatic carbocycles. The fourth-order valence-corrected chi connectivity index (χ4v) is 2.01. The van der Waals surface area contributed by atoms with Crippen molar-refractivity contribution in [3.05, 3.63) is 0 Å². The summed E-state index contributed by atoms with van der Waals surface area (Å²) in [6.07, 6.45) is -8.26. The molecule has 1 heterocycles. The minimum Gasteiger partial charge on any atom is -0.463 e. The first-order valence-corrected chi connectivity index (χ1v) is 6.51. The molecule has 0 spiro atoms. The first kappa shape index (κ1) is 14.2. The number of carbonyl (C=O) groups excluding carboxylic acids is 4. The van der Waals surface area contributed by atoms with Gasteiger partial charge in [-0.3, -0.25) is 19.2 Å². The second kappa shape index (κ2) is 8.60. The monoisotopic (exact) mass is 352 g/mol.